The Kier molecular flexibility index (Phi) is 7.08. The Labute approximate surface area is 189 Å². The van der Waals surface area contributed by atoms with Gasteiger partial charge in [0.2, 0.25) is 0 Å². The van der Waals surface area contributed by atoms with Gasteiger partial charge in [0, 0.05) is 50.5 Å². The Bertz CT molecular complexity index is 950. The summed E-state index contributed by atoms with van der Waals surface area (Å²) < 4.78 is 45.5. The summed E-state index contributed by atoms with van der Waals surface area (Å²) in [5.41, 5.74) is 3.64. The summed E-state index contributed by atoms with van der Waals surface area (Å²) in [7, 11) is 0. The second kappa shape index (κ2) is 9.84. The number of imidazole rings is 1. The fraction of sp³-hybridized carbons (Fsp3) is 0.682. The van der Waals surface area contributed by atoms with Gasteiger partial charge in [-0.05, 0) is 44.4 Å². The Hall–Kier alpha value is -2.40. The lowest BCUT2D eigenvalue weighted by Crippen LogP contribution is -2.36. The van der Waals surface area contributed by atoms with Crippen molar-refractivity contribution in [3.05, 3.63) is 35.2 Å². The number of hydrogen-bond donors (Lipinski definition) is 1. The van der Waals surface area contributed by atoms with Gasteiger partial charge < -0.3 is 18.9 Å². The van der Waals surface area contributed by atoms with Crippen molar-refractivity contribution in [1.82, 2.24) is 19.6 Å². The van der Waals surface area contributed by atoms with Crippen molar-refractivity contribution in [3.8, 4) is 0 Å². The summed E-state index contributed by atoms with van der Waals surface area (Å²) in [6.07, 6.45) is 2.39. The van der Waals surface area contributed by atoms with Gasteiger partial charge in [-0.2, -0.15) is 13.2 Å². The Morgan fingerprint density at radius 3 is 2.52 bits per heavy atom. The van der Waals surface area contributed by atoms with Crippen LogP contribution in [-0.2, 0) is 29.2 Å². The summed E-state index contributed by atoms with van der Waals surface area (Å²) in [4.78, 5) is 16.1. The molecule has 0 bridgehead atoms. The first-order chi connectivity index (χ1) is 15.7. The third kappa shape index (κ3) is 6.80. The SMILES string of the molecule is Cc1cc(CN2Cc3ncn(CC4CC4)c3C(COCC3CC3)C2)no1.O=C(O)C(F)(F)F. The van der Waals surface area contributed by atoms with Crippen LogP contribution < -0.4 is 0 Å². The van der Waals surface area contributed by atoms with Gasteiger partial charge in [-0.3, -0.25) is 4.90 Å². The van der Waals surface area contributed by atoms with Crippen molar-refractivity contribution < 1.29 is 32.3 Å². The summed E-state index contributed by atoms with van der Waals surface area (Å²) in [6.45, 7) is 7.49. The van der Waals surface area contributed by atoms with E-state index in [0.29, 0.717) is 5.92 Å². The van der Waals surface area contributed by atoms with Gasteiger partial charge in [-0.15, -0.1) is 0 Å². The maximum Gasteiger partial charge on any atom is 0.490 e. The van der Waals surface area contributed by atoms with Gasteiger partial charge in [0.25, 0.3) is 0 Å². The Balaban J connectivity index is 0.000000325. The van der Waals surface area contributed by atoms with Gasteiger partial charge in [0.05, 0.1) is 24.3 Å². The summed E-state index contributed by atoms with van der Waals surface area (Å²) in [6, 6.07) is 2.03. The average molecular weight is 470 g/mol. The van der Waals surface area contributed by atoms with E-state index in [4.69, 9.17) is 24.1 Å². The van der Waals surface area contributed by atoms with Crippen molar-refractivity contribution in [2.45, 2.75) is 64.3 Å². The molecule has 1 aliphatic heterocycles. The Morgan fingerprint density at radius 1 is 1.24 bits per heavy atom. The molecular weight excluding hydrogens is 441 g/mol. The quantitative estimate of drug-likeness (QED) is 0.628. The van der Waals surface area contributed by atoms with Crippen LogP contribution in [0.5, 0.6) is 0 Å². The molecule has 2 aromatic rings. The predicted molar refractivity (Wildman–Crippen MR) is 110 cm³/mol. The van der Waals surface area contributed by atoms with Crippen molar-refractivity contribution in [2.24, 2.45) is 11.8 Å². The number of ether oxygens (including phenoxy) is 1. The molecule has 0 saturated heterocycles. The zero-order chi connectivity index (χ0) is 23.6. The van der Waals surface area contributed by atoms with Gasteiger partial charge in [-0.25, -0.2) is 9.78 Å². The number of aliphatic carboxylic acids is 1. The molecular formula is C22H29F3N4O4. The number of carboxylic acids is 1. The molecule has 33 heavy (non-hydrogen) atoms. The molecule has 2 aromatic heterocycles. The first-order valence-electron chi connectivity index (χ1n) is 11.2. The summed E-state index contributed by atoms with van der Waals surface area (Å²) in [5, 5.41) is 11.3. The minimum absolute atomic E-state index is 0.395. The second-order valence-corrected chi connectivity index (χ2v) is 9.25. The topological polar surface area (TPSA) is 93.6 Å². The molecule has 1 unspecified atom stereocenters. The fourth-order valence-electron chi connectivity index (χ4n) is 4.06. The number of aryl methyl sites for hydroxylation is 1. The highest BCUT2D eigenvalue weighted by Gasteiger charge is 2.38. The van der Waals surface area contributed by atoms with E-state index in [9.17, 15) is 13.2 Å². The molecule has 0 aromatic carbocycles. The van der Waals surface area contributed by atoms with Crippen LogP contribution in [0.4, 0.5) is 13.2 Å². The van der Waals surface area contributed by atoms with Crippen LogP contribution in [0.15, 0.2) is 16.9 Å². The van der Waals surface area contributed by atoms with Crippen molar-refractivity contribution in [2.75, 3.05) is 19.8 Å². The molecule has 5 rings (SSSR count). The number of carboxylic acid groups (broad SMARTS) is 1. The lowest BCUT2D eigenvalue weighted by molar-refractivity contribution is -0.192. The smallest absolute Gasteiger partial charge is 0.475 e. The number of aromatic nitrogens is 3. The number of hydrogen-bond acceptors (Lipinski definition) is 6. The number of halogens is 3. The third-order valence-electron chi connectivity index (χ3n) is 6.02. The van der Waals surface area contributed by atoms with E-state index in [-0.39, 0.29) is 0 Å². The van der Waals surface area contributed by atoms with Crippen molar-refractivity contribution in [3.63, 3.8) is 0 Å². The number of alkyl halides is 3. The number of carbonyl (C=O) groups is 1. The number of fused-ring (bicyclic) bond motifs is 1. The maximum absolute atomic E-state index is 10.6. The fourth-order valence-corrected chi connectivity index (χ4v) is 4.06. The molecule has 11 heteroatoms. The Morgan fingerprint density at radius 2 is 1.94 bits per heavy atom. The third-order valence-corrected chi connectivity index (χ3v) is 6.02. The maximum atomic E-state index is 10.6. The molecule has 2 aliphatic carbocycles. The average Bonchev–Trinajstić information content (AvgIpc) is 3.65. The lowest BCUT2D eigenvalue weighted by atomic mass is 9.98. The summed E-state index contributed by atoms with van der Waals surface area (Å²) in [5.74, 6) is 0.177. The van der Waals surface area contributed by atoms with E-state index in [2.05, 4.69) is 21.0 Å². The molecule has 182 valence electrons. The van der Waals surface area contributed by atoms with Crippen LogP contribution in [0, 0.1) is 18.8 Å². The number of nitrogens with zero attached hydrogens (tertiary/aromatic N) is 4. The van der Waals surface area contributed by atoms with Crippen LogP contribution in [0.2, 0.25) is 0 Å². The molecule has 2 fully saturated rings. The molecule has 3 heterocycles. The van der Waals surface area contributed by atoms with Crippen LogP contribution in [-0.4, -0.2) is 56.6 Å². The van der Waals surface area contributed by atoms with Gasteiger partial charge in [0.15, 0.2) is 0 Å². The van der Waals surface area contributed by atoms with Crippen molar-refractivity contribution in [1.29, 1.82) is 0 Å². The first kappa shape index (κ1) is 23.7. The normalized spacial score (nSPS) is 20.8. The van der Waals surface area contributed by atoms with E-state index < -0.39 is 12.1 Å². The van der Waals surface area contributed by atoms with Gasteiger partial charge in [0.1, 0.15) is 5.76 Å². The van der Waals surface area contributed by atoms with Crippen LogP contribution in [0.25, 0.3) is 0 Å². The van der Waals surface area contributed by atoms with E-state index in [1.54, 1.807) is 0 Å². The molecule has 1 atom stereocenters. The molecule has 2 saturated carbocycles. The van der Waals surface area contributed by atoms with Crippen LogP contribution in [0.3, 0.4) is 0 Å². The predicted octanol–water partition coefficient (Wildman–Crippen LogP) is 3.75. The molecule has 0 amide bonds. The van der Waals surface area contributed by atoms with Crippen LogP contribution >= 0.6 is 0 Å². The molecule has 0 spiro atoms. The van der Waals surface area contributed by atoms with Crippen LogP contribution in [0.1, 0.15) is 54.4 Å². The van der Waals surface area contributed by atoms with E-state index in [1.165, 1.54) is 37.1 Å². The zero-order valence-corrected chi connectivity index (χ0v) is 18.6. The van der Waals surface area contributed by atoms with Crippen molar-refractivity contribution >= 4 is 5.97 Å². The van der Waals surface area contributed by atoms with E-state index in [1.807, 2.05) is 13.0 Å². The molecule has 3 aliphatic rings. The lowest BCUT2D eigenvalue weighted by Gasteiger charge is -2.32. The van der Waals surface area contributed by atoms with E-state index in [0.717, 1.165) is 62.7 Å². The van der Waals surface area contributed by atoms with Gasteiger partial charge in [-0.1, -0.05) is 5.16 Å². The minimum atomic E-state index is -5.08. The first-order valence-corrected chi connectivity index (χ1v) is 11.2. The highest BCUT2D eigenvalue weighted by Crippen LogP contribution is 2.35. The van der Waals surface area contributed by atoms with E-state index >= 15 is 0 Å². The highest BCUT2D eigenvalue weighted by atomic mass is 19.4. The highest BCUT2D eigenvalue weighted by molar-refractivity contribution is 5.73. The largest absolute Gasteiger partial charge is 0.490 e. The molecule has 8 nitrogen and oxygen atoms in total. The standard InChI is InChI=1S/C20H28N4O2.C2HF3O2/c1-14-6-18(22-26-14)9-23-8-17(12-25-11-16-4-5-16)20-19(10-23)21-13-24(20)7-15-2-3-15;3-2(4,5)1(6)7/h6,13,15-17H,2-5,7-12H2,1H3;(H,6,7). The zero-order valence-electron chi connectivity index (χ0n) is 18.6. The molecule has 1 N–H and O–H groups in total. The monoisotopic (exact) mass is 470 g/mol. The molecule has 0 radical (unpaired) electrons. The minimum Gasteiger partial charge on any atom is -0.475 e. The van der Waals surface area contributed by atoms with Gasteiger partial charge >= 0.3 is 12.1 Å². The summed E-state index contributed by atoms with van der Waals surface area (Å²) >= 11 is 0. The second-order valence-electron chi connectivity index (χ2n) is 9.25. The number of rotatable bonds is 8.